The SMILES string of the molecule is CN(C)C(=O)COC[C@]12COC[C@H]1CN(C1CCCC1)C2.O=C(O)C(F)(F)F. The van der Waals surface area contributed by atoms with Crippen LogP contribution in [0.3, 0.4) is 0 Å². The number of hydrogen-bond acceptors (Lipinski definition) is 5. The fourth-order valence-electron chi connectivity index (χ4n) is 4.10. The second-order valence-electron chi connectivity index (χ2n) is 8.03. The summed E-state index contributed by atoms with van der Waals surface area (Å²) < 4.78 is 43.2. The number of fused-ring (bicyclic) bond motifs is 1. The fraction of sp³-hybridized carbons (Fsp3) is 0.889. The second kappa shape index (κ2) is 9.41. The number of rotatable bonds is 5. The molecule has 1 aliphatic carbocycles. The van der Waals surface area contributed by atoms with Crippen LogP contribution in [0.4, 0.5) is 13.2 Å². The standard InChI is InChI=1S/C16H28N2O3.C2HF3O2/c1-17(2)15(19)9-21-12-16-10-18(14-5-3-4-6-14)7-13(16)8-20-11-16;3-2(4,5)1(6)7/h13-14H,3-12H2,1-2H3;(H,6,7)/t13-,16+;/m1./s1. The molecule has 1 N–H and O–H groups in total. The van der Waals surface area contributed by atoms with Gasteiger partial charge in [0.1, 0.15) is 6.61 Å². The third-order valence-electron chi connectivity index (χ3n) is 5.74. The summed E-state index contributed by atoms with van der Waals surface area (Å²) in [5, 5.41) is 7.12. The molecule has 10 heteroatoms. The maximum atomic E-state index is 11.6. The predicted molar refractivity (Wildman–Crippen MR) is 93.8 cm³/mol. The Morgan fingerprint density at radius 2 is 1.89 bits per heavy atom. The molecule has 0 spiro atoms. The molecule has 3 fully saturated rings. The van der Waals surface area contributed by atoms with Crippen LogP contribution in [-0.2, 0) is 19.1 Å². The highest BCUT2D eigenvalue weighted by Crippen LogP contribution is 2.43. The van der Waals surface area contributed by atoms with Crippen molar-refractivity contribution in [2.45, 2.75) is 37.9 Å². The van der Waals surface area contributed by atoms with Crippen molar-refractivity contribution in [2.24, 2.45) is 11.3 Å². The second-order valence-corrected chi connectivity index (χ2v) is 8.03. The molecule has 0 radical (unpaired) electrons. The average molecular weight is 410 g/mol. The third kappa shape index (κ3) is 5.81. The molecule has 1 amide bonds. The zero-order valence-corrected chi connectivity index (χ0v) is 16.3. The highest BCUT2D eigenvalue weighted by Gasteiger charge is 2.52. The van der Waals surface area contributed by atoms with Crippen LogP contribution >= 0.6 is 0 Å². The number of hydrogen-bond donors (Lipinski definition) is 1. The summed E-state index contributed by atoms with van der Waals surface area (Å²) in [5.74, 6) is -2.15. The smallest absolute Gasteiger partial charge is 0.475 e. The van der Waals surface area contributed by atoms with Crippen molar-refractivity contribution in [3.8, 4) is 0 Å². The number of aliphatic carboxylic acids is 1. The van der Waals surface area contributed by atoms with Gasteiger partial charge >= 0.3 is 12.1 Å². The van der Waals surface area contributed by atoms with E-state index in [1.54, 1.807) is 19.0 Å². The van der Waals surface area contributed by atoms with Crippen molar-refractivity contribution in [3.05, 3.63) is 0 Å². The summed E-state index contributed by atoms with van der Waals surface area (Å²) in [6, 6.07) is 0.774. The number of carboxylic acid groups (broad SMARTS) is 1. The number of amides is 1. The van der Waals surface area contributed by atoms with Gasteiger partial charge in [-0.15, -0.1) is 0 Å². The molecule has 7 nitrogen and oxygen atoms in total. The van der Waals surface area contributed by atoms with E-state index in [-0.39, 0.29) is 17.9 Å². The van der Waals surface area contributed by atoms with Gasteiger partial charge in [0.05, 0.1) is 19.8 Å². The lowest BCUT2D eigenvalue weighted by Crippen LogP contribution is -2.39. The maximum Gasteiger partial charge on any atom is 0.490 e. The van der Waals surface area contributed by atoms with Gasteiger partial charge in [0.15, 0.2) is 0 Å². The van der Waals surface area contributed by atoms with Crippen LogP contribution < -0.4 is 0 Å². The van der Waals surface area contributed by atoms with Gasteiger partial charge in [-0.05, 0) is 12.8 Å². The molecule has 0 aromatic rings. The Balaban J connectivity index is 0.000000345. The summed E-state index contributed by atoms with van der Waals surface area (Å²) in [5.41, 5.74) is 0.120. The van der Waals surface area contributed by atoms with Gasteiger partial charge in [0, 0.05) is 44.6 Å². The first kappa shape index (κ1) is 22.9. The number of likely N-dealkylation sites (tertiary alicyclic amines) is 1. The molecular weight excluding hydrogens is 381 g/mol. The van der Waals surface area contributed by atoms with Crippen molar-refractivity contribution in [1.29, 1.82) is 0 Å². The monoisotopic (exact) mass is 410 g/mol. The van der Waals surface area contributed by atoms with E-state index in [4.69, 9.17) is 19.4 Å². The third-order valence-corrected chi connectivity index (χ3v) is 5.74. The lowest BCUT2D eigenvalue weighted by molar-refractivity contribution is -0.192. The average Bonchev–Trinajstić information content (AvgIpc) is 3.29. The van der Waals surface area contributed by atoms with Gasteiger partial charge in [-0.25, -0.2) is 4.79 Å². The van der Waals surface area contributed by atoms with Gasteiger partial charge in [-0.2, -0.15) is 13.2 Å². The first-order valence-electron chi connectivity index (χ1n) is 9.45. The van der Waals surface area contributed by atoms with Crippen molar-refractivity contribution < 1.29 is 37.3 Å². The van der Waals surface area contributed by atoms with Gasteiger partial charge in [0.2, 0.25) is 5.91 Å². The van der Waals surface area contributed by atoms with Gasteiger partial charge in [-0.3, -0.25) is 9.69 Å². The van der Waals surface area contributed by atoms with E-state index in [0.717, 1.165) is 32.3 Å². The van der Waals surface area contributed by atoms with Crippen molar-refractivity contribution in [3.63, 3.8) is 0 Å². The molecule has 2 aliphatic heterocycles. The van der Waals surface area contributed by atoms with E-state index in [0.29, 0.717) is 12.5 Å². The molecule has 1 saturated carbocycles. The van der Waals surface area contributed by atoms with Gasteiger partial charge in [-0.1, -0.05) is 12.8 Å². The van der Waals surface area contributed by atoms with E-state index in [9.17, 15) is 18.0 Å². The molecule has 3 aliphatic rings. The van der Waals surface area contributed by atoms with E-state index < -0.39 is 12.1 Å². The van der Waals surface area contributed by atoms with Gasteiger partial charge < -0.3 is 19.5 Å². The minimum atomic E-state index is -5.08. The van der Waals surface area contributed by atoms with E-state index in [1.165, 1.54) is 25.7 Å². The van der Waals surface area contributed by atoms with Crippen LogP contribution in [0.5, 0.6) is 0 Å². The van der Waals surface area contributed by atoms with E-state index >= 15 is 0 Å². The van der Waals surface area contributed by atoms with Gasteiger partial charge in [0.25, 0.3) is 0 Å². The molecule has 2 atom stereocenters. The molecule has 0 aromatic carbocycles. The van der Waals surface area contributed by atoms with Crippen LogP contribution in [-0.4, -0.2) is 92.6 Å². The molecule has 2 heterocycles. The molecule has 28 heavy (non-hydrogen) atoms. The molecule has 0 unspecified atom stereocenters. The summed E-state index contributed by atoms with van der Waals surface area (Å²) in [6.07, 6.45) is 0.375. The lowest BCUT2D eigenvalue weighted by Gasteiger charge is -2.29. The van der Waals surface area contributed by atoms with Crippen LogP contribution in [0.2, 0.25) is 0 Å². The zero-order valence-electron chi connectivity index (χ0n) is 16.3. The number of carbonyl (C=O) groups excluding carboxylic acids is 1. The number of alkyl halides is 3. The quantitative estimate of drug-likeness (QED) is 0.742. The number of likely N-dealkylation sites (N-methyl/N-ethyl adjacent to an activating group) is 1. The molecule has 2 saturated heterocycles. The van der Waals surface area contributed by atoms with Crippen LogP contribution in [0, 0.1) is 11.3 Å². The molecule has 0 bridgehead atoms. The largest absolute Gasteiger partial charge is 0.490 e. The molecule has 3 rings (SSSR count). The highest BCUT2D eigenvalue weighted by atomic mass is 19.4. The molecule has 0 aromatic heterocycles. The first-order valence-corrected chi connectivity index (χ1v) is 9.45. The number of ether oxygens (including phenoxy) is 2. The van der Waals surface area contributed by atoms with E-state index in [2.05, 4.69) is 4.90 Å². The number of carbonyl (C=O) groups is 2. The van der Waals surface area contributed by atoms with Crippen LogP contribution in [0.25, 0.3) is 0 Å². The Morgan fingerprint density at radius 3 is 2.43 bits per heavy atom. The zero-order chi connectivity index (χ0) is 20.9. The normalized spacial score (nSPS) is 28.0. The molecule has 162 valence electrons. The Hall–Kier alpha value is -1.39. The van der Waals surface area contributed by atoms with Crippen molar-refractivity contribution in [2.75, 3.05) is 53.6 Å². The number of carboxylic acids is 1. The minimum absolute atomic E-state index is 0.0347. The van der Waals surface area contributed by atoms with Crippen LogP contribution in [0.1, 0.15) is 25.7 Å². The summed E-state index contributed by atoms with van der Waals surface area (Å²) in [6.45, 7) is 4.71. The van der Waals surface area contributed by atoms with Crippen LogP contribution in [0.15, 0.2) is 0 Å². The Morgan fingerprint density at radius 1 is 1.29 bits per heavy atom. The first-order chi connectivity index (χ1) is 13.0. The Bertz CT molecular complexity index is 552. The highest BCUT2D eigenvalue weighted by molar-refractivity contribution is 5.76. The Kier molecular flexibility index (Phi) is 7.69. The number of nitrogens with zero attached hydrogens (tertiary/aromatic N) is 2. The number of halogens is 3. The Labute approximate surface area is 162 Å². The van der Waals surface area contributed by atoms with Crippen molar-refractivity contribution >= 4 is 11.9 Å². The predicted octanol–water partition coefficient (Wildman–Crippen LogP) is 1.62. The maximum absolute atomic E-state index is 11.6. The topological polar surface area (TPSA) is 79.3 Å². The molecular formula is C18H29F3N2O5. The lowest BCUT2D eigenvalue weighted by atomic mass is 9.82. The van der Waals surface area contributed by atoms with E-state index in [1.807, 2.05) is 0 Å². The fourth-order valence-corrected chi connectivity index (χ4v) is 4.10. The summed E-state index contributed by atoms with van der Waals surface area (Å²) in [7, 11) is 3.53. The van der Waals surface area contributed by atoms with Crippen molar-refractivity contribution in [1.82, 2.24) is 9.80 Å². The minimum Gasteiger partial charge on any atom is -0.475 e. The summed E-state index contributed by atoms with van der Waals surface area (Å²) in [4.78, 5) is 24.8. The summed E-state index contributed by atoms with van der Waals surface area (Å²) >= 11 is 0.